The summed E-state index contributed by atoms with van der Waals surface area (Å²) in [6.07, 6.45) is 6.45. The molecule has 2 aromatic carbocycles. The quantitative estimate of drug-likeness (QED) is 0.310. The van der Waals surface area contributed by atoms with Crippen molar-refractivity contribution in [3.05, 3.63) is 71.5 Å². The van der Waals surface area contributed by atoms with E-state index in [1.54, 1.807) is 0 Å². The summed E-state index contributed by atoms with van der Waals surface area (Å²) in [7, 11) is 0. The second-order valence-electron chi connectivity index (χ2n) is 11.5. The first-order chi connectivity index (χ1) is 17.3. The van der Waals surface area contributed by atoms with E-state index >= 15 is 0 Å². The second kappa shape index (κ2) is 9.02. The SMILES string of the molecule is Cc1ccc2c(-c3ccnc(Nc4cc(CN5CC(C)NC(C)(C)C5)cc(C5CC5)c4)n3)c[nH]c2c1. The minimum atomic E-state index is 0.127. The fourth-order valence-electron chi connectivity index (χ4n) is 5.83. The van der Waals surface area contributed by atoms with Crippen LogP contribution in [0.25, 0.3) is 22.2 Å². The number of anilines is 2. The molecule has 3 heterocycles. The van der Waals surface area contributed by atoms with Crippen LogP contribution < -0.4 is 10.6 Å². The molecule has 2 fully saturated rings. The van der Waals surface area contributed by atoms with Crippen molar-refractivity contribution in [2.75, 3.05) is 18.4 Å². The van der Waals surface area contributed by atoms with Gasteiger partial charge in [-0.3, -0.25) is 4.90 Å². The summed E-state index contributed by atoms with van der Waals surface area (Å²) < 4.78 is 0. The molecule has 4 aromatic rings. The Morgan fingerprint density at radius 3 is 2.78 bits per heavy atom. The Morgan fingerprint density at radius 1 is 1.11 bits per heavy atom. The highest BCUT2D eigenvalue weighted by atomic mass is 15.2. The lowest BCUT2D eigenvalue weighted by atomic mass is 9.98. The third-order valence-corrected chi connectivity index (χ3v) is 7.28. The van der Waals surface area contributed by atoms with Gasteiger partial charge in [-0.05, 0) is 87.4 Å². The molecule has 0 bridgehead atoms. The van der Waals surface area contributed by atoms with E-state index in [2.05, 4.69) is 89.6 Å². The first-order valence-corrected chi connectivity index (χ1v) is 13.1. The lowest BCUT2D eigenvalue weighted by molar-refractivity contribution is 0.117. The van der Waals surface area contributed by atoms with E-state index in [4.69, 9.17) is 4.98 Å². The van der Waals surface area contributed by atoms with E-state index in [-0.39, 0.29) is 5.54 Å². The molecule has 6 nitrogen and oxygen atoms in total. The Morgan fingerprint density at radius 2 is 1.97 bits per heavy atom. The standard InChI is InChI=1S/C30H36N6/c1-19-5-8-25-26(15-32-28(25)11-19)27-9-10-31-29(34-27)33-24-13-21(12-23(14-24)22-6-7-22)17-36-16-20(2)35-30(3,4)18-36/h5,8-15,20,22,32,35H,6-7,16-18H2,1-4H3,(H,31,33,34). The van der Waals surface area contributed by atoms with Crippen molar-refractivity contribution in [2.24, 2.45) is 0 Å². The van der Waals surface area contributed by atoms with Gasteiger partial charge in [0, 0.05) is 65.8 Å². The number of aromatic amines is 1. The number of piperazine rings is 1. The van der Waals surface area contributed by atoms with Crippen molar-refractivity contribution in [3.8, 4) is 11.3 Å². The highest BCUT2D eigenvalue weighted by molar-refractivity contribution is 5.95. The van der Waals surface area contributed by atoms with Crippen LogP contribution in [0.1, 0.15) is 56.2 Å². The van der Waals surface area contributed by atoms with Crippen LogP contribution in [0.5, 0.6) is 0 Å². The van der Waals surface area contributed by atoms with Crippen LogP contribution in [-0.2, 0) is 6.54 Å². The maximum atomic E-state index is 4.89. The molecule has 0 spiro atoms. The van der Waals surface area contributed by atoms with Gasteiger partial charge in [0.25, 0.3) is 0 Å². The number of benzene rings is 2. The molecule has 2 aromatic heterocycles. The largest absolute Gasteiger partial charge is 0.360 e. The fourth-order valence-corrected chi connectivity index (χ4v) is 5.83. The molecular formula is C30H36N6. The Bertz CT molecular complexity index is 1400. The van der Waals surface area contributed by atoms with Crippen LogP contribution in [0.3, 0.4) is 0 Å². The summed E-state index contributed by atoms with van der Waals surface area (Å²) in [5.41, 5.74) is 8.37. The molecule has 2 aliphatic rings. The summed E-state index contributed by atoms with van der Waals surface area (Å²) in [4.78, 5) is 15.4. The van der Waals surface area contributed by atoms with Gasteiger partial charge in [0.05, 0.1) is 5.69 Å². The Balaban J connectivity index is 1.27. The van der Waals surface area contributed by atoms with Crippen LogP contribution in [0, 0.1) is 6.92 Å². The average Bonchev–Trinajstić information content (AvgIpc) is 3.57. The monoisotopic (exact) mass is 480 g/mol. The number of nitrogens with one attached hydrogen (secondary N) is 3. The first kappa shape index (κ1) is 23.2. The molecule has 36 heavy (non-hydrogen) atoms. The highest BCUT2D eigenvalue weighted by Gasteiger charge is 2.30. The van der Waals surface area contributed by atoms with Crippen LogP contribution in [0.2, 0.25) is 0 Å². The van der Waals surface area contributed by atoms with Crippen LogP contribution in [0.4, 0.5) is 11.6 Å². The fraction of sp³-hybridized carbons (Fsp3) is 0.400. The molecule has 0 amide bonds. The molecule has 1 unspecified atom stereocenters. The van der Waals surface area contributed by atoms with E-state index in [1.165, 1.54) is 34.9 Å². The summed E-state index contributed by atoms with van der Waals surface area (Å²) in [6, 6.07) is 15.9. The number of aryl methyl sites for hydroxylation is 1. The van der Waals surface area contributed by atoms with Crippen LogP contribution in [-0.4, -0.2) is 44.5 Å². The second-order valence-corrected chi connectivity index (χ2v) is 11.5. The van der Waals surface area contributed by atoms with Crippen molar-refractivity contribution in [1.82, 2.24) is 25.2 Å². The molecule has 6 rings (SSSR count). The number of hydrogen-bond acceptors (Lipinski definition) is 5. The van der Waals surface area contributed by atoms with E-state index < -0.39 is 0 Å². The van der Waals surface area contributed by atoms with E-state index in [9.17, 15) is 0 Å². The molecule has 1 aliphatic heterocycles. The Hall–Kier alpha value is -3.22. The maximum absolute atomic E-state index is 4.89. The van der Waals surface area contributed by atoms with Crippen molar-refractivity contribution in [2.45, 2.75) is 64.6 Å². The zero-order valence-electron chi connectivity index (χ0n) is 21.7. The highest BCUT2D eigenvalue weighted by Crippen LogP contribution is 2.41. The smallest absolute Gasteiger partial charge is 0.227 e. The average molecular weight is 481 g/mol. The molecule has 6 heteroatoms. The summed E-state index contributed by atoms with van der Waals surface area (Å²) in [5, 5.41) is 8.42. The number of hydrogen-bond donors (Lipinski definition) is 3. The van der Waals surface area contributed by atoms with Gasteiger partial charge in [-0.15, -0.1) is 0 Å². The molecule has 1 saturated carbocycles. The zero-order chi connectivity index (χ0) is 24.9. The minimum absolute atomic E-state index is 0.127. The number of rotatable bonds is 6. The van der Waals surface area contributed by atoms with Gasteiger partial charge in [-0.2, -0.15) is 0 Å². The molecule has 0 radical (unpaired) electrons. The van der Waals surface area contributed by atoms with Gasteiger partial charge < -0.3 is 15.6 Å². The molecule has 1 aliphatic carbocycles. The molecular weight excluding hydrogens is 444 g/mol. The summed E-state index contributed by atoms with van der Waals surface area (Å²) in [6.45, 7) is 12.0. The third kappa shape index (κ3) is 5.01. The van der Waals surface area contributed by atoms with Gasteiger partial charge in [-0.25, -0.2) is 9.97 Å². The lowest BCUT2D eigenvalue weighted by Gasteiger charge is -2.42. The predicted molar refractivity (Wildman–Crippen MR) is 148 cm³/mol. The Kier molecular flexibility index (Phi) is 5.81. The van der Waals surface area contributed by atoms with Gasteiger partial charge in [0.1, 0.15) is 0 Å². The van der Waals surface area contributed by atoms with Crippen molar-refractivity contribution < 1.29 is 0 Å². The maximum Gasteiger partial charge on any atom is 0.227 e. The molecule has 3 N–H and O–H groups in total. The minimum Gasteiger partial charge on any atom is -0.360 e. The number of fused-ring (bicyclic) bond motifs is 1. The first-order valence-electron chi connectivity index (χ1n) is 13.1. The topological polar surface area (TPSA) is 68.9 Å². The summed E-state index contributed by atoms with van der Waals surface area (Å²) in [5.74, 6) is 1.32. The van der Waals surface area contributed by atoms with Crippen molar-refractivity contribution in [3.63, 3.8) is 0 Å². The van der Waals surface area contributed by atoms with Crippen LogP contribution in [0.15, 0.2) is 54.9 Å². The van der Waals surface area contributed by atoms with Crippen molar-refractivity contribution >= 4 is 22.5 Å². The molecule has 186 valence electrons. The van der Waals surface area contributed by atoms with Crippen LogP contribution >= 0.6 is 0 Å². The van der Waals surface area contributed by atoms with E-state index in [0.29, 0.717) is 17.9 Å². The van der Waals surface area contributed by atoms with Gasteiger partial charge in [0.15, 0.2) is 0 Å². The Labute approximate surface area is 213 Å². The molecule has 1 atom stereocenters. The van der Waals surface area contributed by atoms with E-state index in [1.807, 2.05) is 18.5 Å². The lowest BCUT2D eigenvalue weighted by Crippen LogP contribution is -2.60. The van der Waals surface area contributed by atoms with Crippen molar-refractivity contribution in [1.29, 1.82) is 0 Å². The summed E-state index contributed by atoms with van der Waals surface area (Å²) >= 11 is 0. The third-order valence-electron chi connectivity index (χ3n) is 7.28. The predicted octanol–water partition coefficient (Wildman–Crippen LogP) is 6.13. The zero-order valence-corrected chi connectivity index (χ0v) is 21.7. The number of nitrogens with zero attached hydrogens (tertiary/aromatic N) is 3. The van der Waals surface area contributed by atoms with Gasteiger partial charge >= 0.3 is 0 Å². The molecule has 1 saturated heterocycles. The number of H-pyrrole nitrogens is 1. The van der Waals surface area contributed by atoms with E-state index in [0.717, 1.165) is 42.1 Å². The van der Waals surface area contributed by atoms with Gasteiger partial charge in [0.2, 0.25) is 5.95 Å². The normalized spacial score (nSPS) is 20.1. The number of aromatic nitrogens is 3. The van der Waals surface area contributed by atoms with Gasteiger partial charge in [-0.1, -0.05) is 18.2 Å².